The fourth-order valence-corrected chi connectivity index (χ4v) is 2.35. The first-order valence-corrected chi connectivity index (χ1v) is 7.64. The maximum Gasteiger partial charge on any atom is 0.243 e. The van der Waals surface area contributed by atoms with Gasteiger partial charge in [-0.15, -0.1) is 12.4 Å². The topological polar surface area (TPSA) is 55.6 Å². The van der Waals surface area contributed by atoms with Gasteiger partial charge in [-0.3, -0.25) is 4.79 Å². The number of methoxy groups -OCH3 is 1. The predicted octanol–water partition coefficient (Wildman–Crippen LogP) is 2.81. The zero-order valence-corrected chi connectivity index (χ0v) is 14.1. The molecule has 7 heteroatoms. The minimum Gasteiger partial charge on any atom is -0.495 e. The Morgan fingerprint density at radius 1 is 1.55 bits per heavy atom. The van der Waals surface area contributed by atoms with Gasteiger partial charge in [-0.05, 0) is 36.6 Å². The summed E-state index contributed by atoms with van der Waals surface area (Å²) in [6.45, 7) is 0. The van der Waals surface area contributed by atoms with Gasteiger partial charge in [0.2, 0.25) is 5.91 Å². The van der Waals surface area contributed by atoms with Crippen LogP contribution >= 0.6 is 35.8 Å². The SMILES string of the molecule is COc1ccc(N(C)C(=O)[C@@H](N)CCSC)cc1Cl.Cl. The molecule has 0 spiro atoms. The highest BCUT2D eigenvalue weighted by atomic mass is 35.5. The van der Waals surface area contributed by atoms with Crippen LogP contribution in [0.3, 0.4) is 0 Å². The molecule has 0 bridgehead atoms. The third-order valence-electron chi connectivity index (χ3n) is 2.80. The van der Waals surface area contributed by atoms with Gasteiger partial charge in [0.1, 0.15) is 5.75 Å². The third-order valence-corrected chi connectivity index (χ3v) is 3.74. The monoisotopic (exact) mass is 338 g/mol. The number of ether oxygens (including phenoxy) is 1. The lowest BCUT2D eigenvalue weighted by Gasteiger charge is -2.21. The maximum absolute atomic E-state index is 12.1. The van der Waals surface area contributed by atoms with Gasteiger partial charge in [0.15, 0.2) is 0 Å². The van der Waals surface area contributed by atoms with E-state index in [2.05, 4.69) is 0 Å². The molecular formula is C13H20Cl2N2O2S. The lowest BCUT2D eigenvalue weighted by Crippen LogP contribution is -2.42. The van der Waals surface area contributed by atoms with Crippen molar-refractivity contribution in [3.63, 3.8) is 0 Å². The zero-order chi connectivity index (χ0) is 14.4. The van der Waals surface area contributed by atoms with Gasteiger partial charge >= 0.3 is 0 Å². The normalized spacial score (nSPS) is 11.4. The third kappa shape index (κ3) is 5.05. The number of nitrogens with zero attached hydrogens (tertiary/aromatic N) is 1. The van der Waals surface area contributed by atoms with Gasteiger partial charge in [0.25, 0.3) is 0 Å². The van der Waals surface area contributed by atoms with Gasteiger partial charge in [-0.25, -0.2) is 0 Å². The molecule has 1 amide bonds. The first-order valence-electron chi connectivity index (χ1n) is 5.87. The van der Waals surface area contributed by atoms with E-state index in [1.807, 2.05) is 6.26 Å². The Hall–Kier alpha value is -0.620. The van der Waals surface area contributed by atoms with E-state index in [0.717, 1.165) is 5.75 Å². The van der Waals surface area contributed by atoms with Gasteiger partial charge in [-0.1, -0.05) is 11.6 Å². The number of halogens is 2. The second-order valence-electron chi connectivity index (χ2n) is 4.10. The van der Waals surface area contributed by atoms with Crippen molar-refractivity contribution in [3.8, 4) is 5.75 Å². The quantitative estimate of drug-likeness (QED) is 0.866. The van der Waals surface area contributed by atoms with Crippen LogP contribution in [0.1, 0.15) is 6.42 Å². The number of thioether (sulfide) groups is 1. The minimum atomic E-state index is -0.488. The Morgan fingerprint density at radius 2 is 2.20 bits per heavy atom. The van der Waals surface area contributed by atoms with Gasteiger partial charge in [0, 0.05) is 12.7 Å². The van der Waals surface area contributed by atoms with Crippen molar-refractivity contribution in [1.82, 2.24) is 0 Å². The van der Waals surface area contributed by atoms with Crippen LogP contribution in [0.25, 0.3) is 0 Å². The molecule has 0 heterocycles. The number of likely N-dealkylation sites (N-methyl/N-ethyl adjacent to an activating group) is 1. The van der Waals surface area contributed by atoms with Crippen LogP contribution in [0.4, 0.5) is 5.69 Å². The van der Waals surface area contributed by atoms with Crippen LogP contribution in [0, 0.1) is 0 Å². The highest BCUT2D eigenvalue weighted by Gasteiger charge is 2.19. The summed E-state index contributed by atoms with van der Waals surface area (Å²) in [6.07, 6.45) is 2.65. The van der Waals surface area contributed by atoms with E-state index in [1.54, 1.807) is 44.1 Å². The van der Waals surface area contributed by atoms with Crippen LogP contribution in [0.2, 0.25) is 5.02 Å². The van der Waals surface area contributed by atoms with E-state index in [0.29, 0.717) is 22.9 Å². The van der Waals surface area contributed by atoms with Crippen molar-refractivity contribution in [1.29, 1.82) is 0 Å². The summed E-state index contributed by atoms with van der Waals surface area (Å²) in [7, 11) is 3.24. The van der Waals surface area contributed by atoms with E-state index < -0.39 is 6.04 Å². The van der Waals surface area contributed by atoms with Crippen molar-refractivity contribution in [2.45, 2.75) is 12.5 Å². The van der Waals surface area contributed by atoms with E-state index >= 15 is 0 Å². The molecule has 114 valence electrons. The summed E-state index contributed by atoms with van der Waals surface area (Å²) in [5.74, 6) is 1.33. The number of hydrogen-bond donors (Lipinski definition) is 1. The van der Waals surface area contributed by atoms with Crippen LogP contribution in [-0.4, -0.2) is 38.1 Å². The standard InChI is InChI=1S/C13H19ClN2O2S.ClH/c1-16(13(17)11(15)6-7-19-3)9-4-5-12(18-2)10(14)8-9;/h4-5,8,11H,6-7,15H2,1-3H3;1H/t11-;/m0./s1. The van der Waals surface area contributed by atoms with Crippen molar-refractivity contribution >= 4 is 47.4 Å². The highest BCUT2D eigenvalue weighted by Crippen LogP contribution is 2.28. The molecule has 0 saturated carbocycles. The summed E-state index contributed by atoms with van der Waals surface area (Å²) in [4.78, 5) is 13.7. The molecule has 0 aromatic heterocycles. The molecule has 0 saturated heterocycles. The second-order valence-corrected chi connectivity index (χ2v) is 5.50. The molecule has 0 radical (unpaired) electrons. The molecule has 1 rings (SSSR count). The molecule has 0 aliphatic rings. The number of anilines is 1. The molecule has 1 aromatic rings. The number of carbonyl (C=O) groups is 1. The first kappa shape index (κ1) is 19.4. The Balaban J connectivity index is 0.00000361. The van der Waals surface area contributed by atoms with Crippen molar-refractivity contribution in [2.75, 3.05) is 31.1 Å². The zero-order valence-electron chi connectivity index (χ0n) is 11.8. The van der Waals surface area contributed by atoms with Gasteiger partial charge < -0.3 is 15.4 Å². The fourth-order valence-electron chi connectivity index (χ4n) is 1.61. The predicted molar refractivity (Wildman–Crippen MR) is 89.6 cm³/mol. The van der Waals surface area contributed by atoms with E-state index in [4.69, 9.17) is 22.1 Å². The molecule has 20 heavy (non-hydrogen) atoms. The minimum absolute atomic E-state index is 0. The molecule has 0 aliphatic carbocycles. The number of rotatable bonds is 6. The number of nitrogens with two attached hydrogens (primary N) is 1. The molecule has 1 atom stereocenters. The van der Waals surface area contributed by atoms with Crippen LogP contribution < -0.4 is 15.4 Å². The lowest BCUT2D eigenvalue weighted by atomic mass is 10.2. The largest absolute Gasteiger partial charge is 0.495 e. The first-order chi connectivity index (χ1) is 9.01. The van der Waals surface area contributed by atoms with Gasteiger partial charge in [-0.2, -0.15) is 11.8 Å². The number of hydrogen-bond acceptors (Lipinski definition) is 4. The van der Waals surface area contributed by atoms with Crippen LogP contribution in [-0.2, 0) is 4.79 Å². The fraction of sp³-hybridized carbons (Fsp3) is 0.462. The highest BCUT2D eigenvalue weighted by molar-refractivity contribution is 7.98. The number of carbonyl (C=O) groups excluding carboxylic acids is 1. The maximum atomic E-state index is 12.1. The van der Waals surface area contributed by atoms with E-state index in [9.17, 15) is 4.79 Å². The molecule has 2 N–H and O–H groups in total. The summed E-state index contributed by atoms with van der Waals surface area (Å²) >= 11 is 7.72. The van der Waals surface area contributed by atoms with Crippen LogP contribution in [0.15, 0.2) is 18.2 Å². The summed E-state index contributed by atoms with van der Waals surface area (Å²) < 4.78 is 5.08. The summed E-state index contributed by atoms with van der Waals surface area (Å²) in [6, 6.07) is 4.72. The molecule has 0 aliphatic heterocycles. The molecule has 4 nitrogen and oxygen atoms in total. The Labute approximate surface area is 135 Å². The van der Waals surface area contributed by atoms with Crippen molar-refractivity contribution < 1.29 is 9.53 Å². The molecule has 0 unspecified atom stereocenters. The van der Waals surface area contributed by atoms with Gasteiger partial charge in [0.05, 0.1) is 18.2 Å². The molecular weight excluding hydrogens is 319 g/mol. The molecule has 0 fully saturated rings. The smallest absolute Gasteiger partial charge is 0.243 e. The number of benzene rings is 1. The second kappa shape index (κ2) is 9.34. The lowest BCUT2D eigenvalue weighted by molar-refractivity contribution is -0.119. The Kier molecular flexibility index (Phi) is 9.05. The Morgan fingerprint density at radius 3 is 2.70 bits per heavy atom. The van der Waals surface area contributed by atoms with E-state index in [1.165, 1.54) is 4.90 Å². The molecule has 1 aromatic carbocycles. The number of amides is 1. The summed E-state index contributed by atoms with van der Waals surface area (Å²) in [5.41, 5.74) is 6.58. The van der Waals surface area contributed by atoms with E-state index in [-0.39, 0.29) is 18.3 Å². The average Bonchev–Trinajstić information content (AvgIpc) is 2.42. The Bertz CT molecular complexity index is 446. The average molecular weight is 339 g/mol. The van der Waals surface area contributed by atoms with Crippen LogP contribution in [0.5, 0.6) is 5.75 Å². The van der Waals surface area contributed by atoms with Crippen molar-refractivity contribution in [2.24, 2.45) is 5.73 Å². The van der Waals surface area contributed by atoms with Crippen molar-refractivity contribution in [3.05, 3.63) is 23.2 Å². The summed E-state index contributed by atoms with van der Waals surface area (Å²) in [5, 5.41) is 0.470.